The number of hydrogen-bond donors (Lipinski definition) is 0. The van der Waals surface area contributed by atoms with E-state index in [2.05, 4.69) is 20.8 Å². The number of carbonyl (C=O) groups excluding carboxylic acids is 1. The minimum absolute atomic E-state index is 0.114. The van der Waals surface area contributed by atoms with E-state index in [0.717, 1.165) is 6.42 Å². The van der Waals surface area contributed by atoms with Crippen molar-refractivity contribution in [3.8, 4) is 0 Å². The minimum Gasteiger partial charge on any atom is -0.466 e. The first-order valence-electron chi connectivity index (χ1n) is 6.27. The Bertz CT molecular complexity index is 190. The van der Waals surface area contributed by atoms with Gasteiger partial charge in [-0.3, -0.25) is 4.79 Å². The molecule has 0 amide bonds. The minimum atomic E-state index is -0.122. The average molecular weight is 230 g/mol. The lowest BCUT2D eigenvalue weighted by Crippen LogP contribution is -2.26. The third-order valence-corrected chi connectivity index (χ3v) is 2.94. The number of rotatable bonds is 8. The summed E-state index contributed by atoms with van der Waals surface area (Å²) in [6, 6.07) is 0. The second-order valence-corrected chi connectivity index (χ2v) is 4.57. The summed E-state index contributed by atoms with van der Waals surface area (Å²) in [4.78, 5) is 11.7. The number of hydrogen-bond acceptors (Lipinski definition) is 3. The molecule has 0 saturated heterocycles. The van der Waals surface area contributed by atoms with E-state index < -0.39 is 0 Å². The standard InChI is InChI=1S/C13H26O3/c1-6-15-9-12(13(14)16-7-2)8-11(5)10(3)4/h10-12H,6-9H2,1-5H3. The molecule has 0 spiro atoms. The van der Waals surface area contributed by atoms with Gasteiger partial charge in [-0.1, -0.05) is 20.8 Å². The lowest BCUT2D eigenvalue weighted by molar-refractivity contribution is -0.151. The maximum Gasteiger partial charge on any atom is 0.311 e. The van der Waals surface area contributed by atoms with Crippen molar-refractivity contribution in [1.82, 2.24) is 0 Å². The molecule has 3 heteroatoms. The molecular formula is C13H26O3. The van der Waals surface area contributed by atoms with Crippen LogP contribution in [0.25, 0.3) is 0 Å². The van der Waals surface area contributed by atoms with Gasteiger partial charge in [-0.15, -0.1) is 0 Å². The molecule has 0 heterocycles. The van der Waals surface area contributed by atoms with Crippen LogP contribution in [0.2, 0.25) is 0 Å². The summed E-state index contributed by atoms with van der Waals surface area (Å²) in [6.45, 7) is 11.9. The summed E-state index contributed by atoms with van der Waals surface area (Å²) >= 11 is 0. The summed E-state index contributed by atoms with van der Waals surface area (Å²) in [6.07, 6.45) is 0.844. The SMILES string of the molecule is CCOCC(CC(C)C(C)C)C(=O)OCC. The van der Waals surface area contributed by atoms with Gasteiger partial charge in [-0.2, -0.15) is 0 Å². The van der Waals surface area contributed by atoms with Crippen molar-refractivity contribution < 1.29 is 14.3 Å². The van der Waals surface area contributed by atoms with Gasteiger partial charge in [0.05, 0.1) is 19.1 Å². The summed E-state index contributed by atoms with van der Waals surface area (Å²) in [5, 5.41) is 0. The van der Waals surface area contributed by atoms with Crippen LogP contribution in [0.4, 0.5) is 0 Å². The molecule has 16 heavy (non-hydrogen) atoms. The van der Waals surface area contributed by atoms with Gasteiger partial charge in [0.2, 0.25) is 0 Å². The highest BCUT2D eigenvalue weighted by molar-refractivity contribution is 5.72. The third-order valence-electron chi connectivity index (χ3n) is 2.94. The lowest BCUT2D eigenvalue weighted by Gasteiger charge is -2.21. The fourth-order valence-electron chi connectivity index (χ4n) is 1.47. The summed E-state index contributed by atoms with van der Waals surface area (Å²) in [5.41, 5.74) is 0. The van der Waals surface area contributed by atoms with Crippen molar-refractivity contribution in [1.29, 1.82) is 0 Å². The fraction of sp³-hybridized carbons (Fsp3) is 0.923. The van der Waals surface area contributed by atoms with Crippen molar-refractivity contribution in [2.75, 3.05) is 19.8 Å². The lowest BCUT2D eigenvalue weighted by atomic mass is 9.88. The Kier molecular flexibility index (Phi) is 8.26. The smallest absolute Gasteiger partial charge is 0.311 e. The van der Waals surface area contributed by atoms with Crippen molar-refractivity contribution >= 4 is 5.97 Å². The van der Waals surface area contributed by atoms with Crippen LogP contribution >= 0.6 is 0 Å². The molecule has 0 aliphatic heterocycles. The molecule has 2 unspecified atom stereocenters. The maximum atomic E-state index is 11.7. The van der Waals surface area contributed by atoms with Crippen molar-refractivity contribution in [2.45, 2.75) is 41.0 Å². The van der Waals surface area contributed by atoms with Crippen molar-refractivity contribution in [2.24, 2.45) is 17.8 Å². The van der Waals surface area contributed by atoms with Gasteiger partial charge in [-0.25, -0.2) is 0 Å². The molecule has 0 saturated carbocycles. The molecule has 0 aromatic carbocycles. The van der Waals surface area contributed by atoms with Gasteiger partial charge < -0.3 is 9.47 Å². The van der Waals surface area contributed by atoms with Gasteiger partial charge in [0, 0.05) is 6.61 Å². The molecular weight excluding hydrogens is 204 g/mol. The van der Waals surface area contributed by atoms with E-state index in [-0.39, 0.29) is 11.9 Å². The number of esters is 1. The van der Waals surface area contributed by atoms with Crippen LogP contribution in [0.5, 0.6) is 0 Å². The van der Waals surface area contributed by atoms with Gasteiger partial charge in [0.25, 0.3) is 0 Å². The van der Waals surface area contributed by atoms with Crippen LogP contribution in [0.1, 0.15) is 41.0 Å². The molecule has 0 aromatic rings. The summed E-state index contributed by atoms with van der Waals surface area (Å²) in [7, 11) is 0. The average Bonchev–Trinajstić information content (AvgIpc) is 2.23. The zero-order valence-electron chi connectivity index (χ0n) is 11.3. The highest BCUT2D eigenvalue weighted by atomic mass is 16.5. The van der Waals surface area contributed by atoms with Gasteiger partial charge in [0.15, 0.2) is 0 Å². The Morgan fingerprint density at radius 3 is 2.19 bits per heavy atom. The van der Waals surface area contributed by atoms with E-state index in [1.54, 1.807) is 0 Å². The van der Waals surface area contributed by atoms with E-state index in [0.29, 0.717) is 31.7 Å². The third kappa shape index (κ3) is 6.11. The molecule has 0 N–H and O–H groups in total. The zero-order chi connectivity index (χ0) is 12.6. The predicted octanol–water partition coefficient (Wildman–Crippen LogP) is 2.88. The topological polar surface area (TPSA) is 35.5 Å². The van der Waals surface area contributed by atoms with E-state index in [1.165, 1.54) is 0 Å². The van der Waals surface area contributed by atoms with E-state index in [1.807, 2.05) is 13.8 Å². The monoisotopic (exact) mass is 230 g/mol. The molecule has 0 fully saturated rings. The largest absolute Gasteiger partial charge is 0.466 e. The van der Waals surface area contributed by atoms with Crippen LogP contribution in [0.3, 0.4) is 0 Å². The molecule has 3 nitrogen and oxygen atoms in total. The molecule has 0 rings (SSSR count). The first-order valence-corrected chi connectivity index (χ1v) is 6.27. The number of ether oxygens (including phenoxy) is 2. The van der Waals surface area contributed by atoms with Crippen molar-refractivity contribution in [3.05, 3.63) is 0 Å². The second kappa shape index (κ2) is 8.57. The molecule has 0 aromatic heterocycles. The Hall–Kier alpha value is -0.570. The van der Waals surface area contributed by atoms with Gasteiger partial charge in [-0.05, 0) is 32.1 Å². The summed E-state index contributed by atoms with van der Waals surface area (Å²) < 4.78 is 10.4. The number of carbonyl (C=O) groups is 1. The first-order chi connectivity index (χ1) is 7.52. The molecule has 96 valence electrons. The Morgan fingerprint density at radius 2 is 1.75 bits per heavy atom. The maximum absolute atomic E-state index is 11.7. The fourth-order valence-corrected chi connectivity index (χ4v) is 1.47. The molecule has 2 atom stereocenters. The highest BCUT2D eigenvalue weighted by Crippen LogP contribution is 2.21. The van der Waals surface area contributed by atoms with Crippen LogP contribution in [-0.2, 0) is 14.3 Å². The van der Waals surface area contributed by atoms with Gasteiger partial charge in [0.1, 0.15) is 0 Å². The van der Waals surface area contributed by atoms with Gasteiger partial charge >= 0.3 is 5.97 Å². The predicted molar refractivity (Wildman–Crippen MR) is 65.2 cm³/mol. The normalized spacial score (nSPS) is 14.9. The highest BCUT2D eigenvalue weighted by Gasteiger charge is 2.23. The van der Waals surface area contributed by atoms with Crippen LogP contribution in [0, 0.1) is 17.8 Å². The zero-order valence-corrected chi connectivity index (χ0v) is 11.3. The quantitative estimate of drug-likeness (QED) is 0.601. The van der Waals surface area contributed by atoms with Crippen LogP contribution in [0.15, 0.2) is 0 Å². The second-order valence-electron chi connectivity index (χ2n) is 4.57. The Labute approximate surface area is 99.5 Å². The molecule has 0 bridgehead atoms. The summed E-state index contributed by atoms with van der Waals surface area (Å²) in [5.74, 6) is 0.856. The molecule has 0 radical (unpaired) electrons. The van der Waals surface area contributed by atoms with E-state index in [9.17, 15) is 4.79 Å². The Balaban J connectivity index is 4.24. The van der Waals surface area contributed by atoms with E-state index >= 15 is 0 Å². The van der Waals surface area contributed by atoms with Crippen molar-refractivity contribution in [3.63, 3.8) is 0 Å². The van der Waals surface area contributed by atoms with Crippen LogP contribution < -0.4 is 0 Å². The molecule has 0 aliphatic carbocycles. The van der Waals surface area contributed by atoms with Crippen LogP contribution in [-0.4, -0.2) is 25.8 Å². The Morgan fingerprint density at radius 1 is 1.12 bits per heavy atom. The first kappa shape index (κ1) is 15.4. The van der Waals surface area contributed by atoms with E-state index in [4.69, 9.17) is 9.47 Å². The molecule has 0 aliphatic rings.